The molecule has 0 bridgehead atoms. The van der Waals surface area contributed by atoms with Crippen LogP contribution in [0, 0.1) is 5.82 Å². The number of hydrogen-bond donors (Lipinski definition) is 1. The van der Waals surface area contributed by atoms with Gasteiger partial charge in [0.1, 0.15) is 5.82 Å². The number of morpholine rings is 1. The third-order valence-corrected chi connectivity index (χ3v) is 3.99. The molecule has 2 rings (SSSR count). The summed E-state index contributed by atoms with van der Waals surface area (Å²) >= 11 is 0. The van der Waals surface area contributed by atoms with Crippen molar-refractivity contribution in [2.45, 2.75) is 32.4 Å². The molecule has 1 N–H and O–H groups in total. The Balaban J connectivity index is 1.94. The minimum absolute atomic E-state index is 0.0506. The number of nitrogens with zero attached hydrogens (tertiary/aromatic N) is 1. The lowest BCUT2D eigenvalue weighted by Gasteiger charge is -2.35. The maximum absolute atomic E-state index is 13.6. The monoisotopic (exact) mass is 338 g/mol. The lowest BCUT2D eigenvalue weighted by Crippen LogP contribution is -2.44. The summed E-state index contributed by atoms with van der Waals surface area (Å²) in [5.41, 5.74) is 0.871. The minimum Gasteiger partial charge on any atom is -0.379 e. The largest absolute Gasteiger partial charge is 0.379 e. The van der Waals surface area contributed by atoms with Crippen molar-refractivity contribution in [3.8, 4) is 0 Å². The van der Waals surface area contributed by atoms with E-state index in [0.29, 0.717) is 32.8 Å². The molecule has 1 aromatic rings. The van der Waals surface area contributed by atoms with Crippen molar-refractivity contribution in [1.29, 1.82) is 0 Å². The van der Waals surface area contributed by atoms with Crippen molar-refractivity contribution >= 4 is 5.91 Å². The molecule has 0 saturated carbocycles. The average Bonchev–Trinajstić information content (AvgIpc) is 2.56. The number of ether oxygens (including phenoxy) is 2. The average molecular weight is 338 g/mol. The zero-order valence-corrected chi connectivity index (χ0v) is 14.5. The molecule has 1 aliphatic heterocycles. The Morgan fingerprint density at radius 3 is 2.79 bits per heavy atom. The van der Waals surface area contributed by atoms with E-state index >= 15 is 0 Å². The van der Waals surface area contributed by atoms with Gasteiger partial charge in [-0.3, -0.25) is 9.69 Å². The lowest BCUT2D eigenvalue weighted by atomic mass is 10.0. The predicted octanol–water partition coefficient (Wildman–Crippen LogP) is 2.13. The van der Waals surface area contributed by atoms with E-state index in [0.717, 1.165) is 18.7 Å². The molecule has 1 heterocycles. The SMILES string of the molecule is CC(C)OCCC(=O)NCC(c1cccc(F)c1)N1CCOCC1. The Morgan fingerprint density at radius 2 is 2.12 bits per heavy atom. The second kappa shape index (κ2) is 9.71. The first-order chi connectivity index (χ1) is 11.6. The molecule has 5 nitrogen and oxygen atoms in total. The summed E-state index contributed by atoms with van der Waals surface area (Å²) < 4.78 is 24.4. The molecule has 0 radical (unpaired) electrons. The van der Waals surface area contributed by atoms with E-state index in [1.54, 1.807) is 6.07 Å². The van der Waals surface area contributed by atoms with Gasteiger partial charge in [-0.15, -0.1) is 0 Å². The Labute approximate surface area is 143 Å². The smallest absolute Gasteiger partial charge is 0.222 e. The van der Waals surface area contributed by atoms with Crippen LogP contribution in [0.3, 0.4) is 0 Å². The molecule has 0 aliphatic carbocycles. The van der Waals surface area contributed by atoms with Crippen molar-refractivity contribution in [2.24, 2.45) is 0 Å². The number of hydrogen-bond acceptors (Lipinski definition) is 4. The van der Waals surface area contributed by atoms with Gasteiger partial charge in [0.25, 0.3) is 0 Å². The Morgan fingerprint density at radius 1 is 1.38 bits per heavy atom. The number of carbonyl (C=O) groups excluding carboxylic acids is 1. The van der Waals surface area contributed by atoms with Gasteiger partial charge >= 0.3 is 0 Å². The zero-order valence-electron chi connectivity index (χ0n) is 14.5. The van der Waals surface area contributed by atoms with Crippen LogP contribution in [0.2, 0.25) is 0 Å². The van der Waals surface area contributed by atoms with Crippen LogP contribution in [0.25, 0.3) is 0 Å². The van der Waals surface area contributed by atoms with Crippen LogP contribution in [0.5, 0.6) is 0 Å². The van der Waals surface area contributed by atoms with Gasteiger partial charge in [-0.2, -0.15) is 0 Å². The van der Waals surface area contributed by atoms with E-state index in [1.807, 2.05) is 19.9 Å². The highest BCUT2D eigenvalue weighted by molar-refractivity contribution is 5.76. The van der Waals surface area contributed by atoms with Gasteiger partial charge in [0, 0.05) is 26.1 Å². The quantitative estimate of drug-likeness (QED) is 0.789. The molecule has 6 heteroatoms. The van der Waals surface area contributed by atoms with Gasteiger partial charge in [0.2, 0.25) is 5.91 Å². The second-order valence-corrected chi connectivity index (χ2v) is 6.19. The van der Waals surface area contributed by atoms with Gasteiger partial charge in [-0.1, -0.05) is 12.1 Å². The molecule has 0 spiro atoms. The molecule has 24 heavy (non-hydrogen) atoms. The Hall–Kier alpha value is -1.50. The van der Waals surface area contributed by atoms with Crippen molar-refractivity contribution < 1.29 is 18.7 Å². The molecular formula is C18H27FN2O3. The molecule has 134 valence electrons. The Kier molecular flexibility index (Phi) is 7.62. The minimum atomic E-state index is -0.262. The first-order valence-electron chi connectivity index (χ1n) is 8.52. The number of halogens is 1. The van der Waals surface area contributed by atoms with Crippen LogP contribution < -0.4 is 5.32 Å². The van der Waals surface area contributed by atoms with Crippen LogP contribution in [-0.2, 0) is 14.3 Å². The van der Waals surface area contributed by atoms with Crippen molar-refractivity contribution in [3.05, 3.63) is 35.6 Å². The van der Waals surface area contributed by atoms with Crippen LogP contribution in [-0.4, -0.2) is 56.4 Å². The molecule has 1 saturated heterocycles. The van der Waals surface area contributed by atoms with Crippen LogP contribution in [0.4, 0.5) is 4.39 Å². The first-order valence-corrected chi connectivity index (χ1v) is 8.52. The molecule has 1 amide bonds. The molecule has 1 atom stereocenters. The number of benzene rings is 1. The van der Waals surface area contributed by atoms with Gasteiger partial charge in [0.05, 0.1) is 32.0 Å². The maximum Gasteiger partial charge on any atom is 0.222 e. The van der Waals surface area contributed by atoms with Crippen LogP contribution in [0.1, 0.15) is 31.9 Å². The van der Waals surface area contributed by atoms with Gasteiger partial charge < -0.3 is 14.8 Å². The van der Waals surface area contributed by atoms with Crippen molar-refractivity contribution in [2.75, 3.05) is 39.5 Å². The lowest BCUT2D eigenvalue weighted by molar-refractivity contribution is -0.122. The number of rotatable bonds is 8. The van der Waals surface area contributed by atoms with Crippen molar-refractivity contribution in [3.63, 3.8) is 0 Å². The summed E-state index contributed by atoms with van der Waals surface area (Å²) in [6.07, 6.45) is 0.447. The van der Waals surface area contributed by atoms with E-state index in [1.165, 1.54) is 12.1 Å². The highest BCUT2D eigenvalue weighted by atomic mass is 19.1. The number of nitrogens with one attached hydrogen (secondary N) is 1. The standard InChI is InChI=1S/C18H27FN2O3/c1-14(2)24-9-6-18(22)20-13-17(21-7-10-23-11-8-21)15-4-3-5-16(19)12-15/h3-5,12,14,17H,6-11,13H2,1-2H3,(H,20,22). The third kappa shape index (κ3) is 6.19. The summed E-state index contributed by atoms with van der Waals surface area (Å²) in [7, 11) is 0. The summed E-state index contributed by atoms with van der Waals surface area (Å²) in [6, 6.07) is 6.52. The maximum atomic E-state index is 13.6. The highest BCUT2D eigenvalue weighted by Gasteiger charge is 2.23. The van der Waals surface area contributed by atoms with E-state index < -0.39 is 0 Å². The highest BCUT2D eigenvalue weighted by Crippen LogP contribution is 2.22. The summed E-state index contributed by atoms with van der Waals surface area (Å²) in [5, 5.41) is 2.95. The van der Waals surface area contributed by atoms with Crippen molar-refractivity contribution in [1.82, 2.24) is 10.2 Å². The normalized spacial score (nSPS) is 17.0. The predicted molar refractivity (Wildman–Crippen MR) is 90.2 cm³/mol. The molecular weight excluding hydrogens is 311 g/mol. The van der Waals surface area contributed by atoms with E-state index in [-0.39, 0.29) is 23.9 Å². The fraction of sp³-hybridized carbons (Fsp3) is 0.611. The van der Waals surface area contributed by atoms with E-state index in [4.69, 9.17) is 9.47 Å². The fourth-order valence-corrected chi connectivity index (χ4v) is 2.75. The van der Waals surface area contributed by atoms with E-state index in [2.05, 4.69) is 10.2 Å². The van der Waals surface area contributed by atoms with Gasteiger partial charge in [-0.25, -0.2) is 4.39 Å². The summed E-state index contributed by atoms with van der Waals surface area (Å²) in [4.78, 5) is 14.2. The van der Waals surface area contributed by atoms with E-state index in [9.17, 15) is 9.18 Å². The van der Waals surface area contributed by atoms with Gasteiger partial charge in [0.15, 0.2) is 0 Å². The summed E-state index contributed by atoms with van der Waals surface area (Å²) in [5.74, 6) is -0.312. The fourth-order valence-electron chi connectivity index (χ4n) is 2.75. The Bertz CT molecular complexity index is 519. The molecule has 0 aromatic heterocycles. The number of amides is 1. The molecule has 1 unspecified atom stereocenters. The molecule has 1 aliphatic rings. The molecule has 1 fully saturated rings. The number of carbonyl (C=O) groups is 1. The van der Waals surface area contributed by atoms with Crippen LogP contribution in [0.15, 0.2) is 24.3 Å². The topological polar surface area (TPSA) is 50.8 Å². The van der Waals surface area contributed by atoms with Gasteiger partial charge in [-0.05, 0) is 31.5 Å². The summed E-state index contributed by atoms with van der Waals surface area (Å²) in [6.45, 7) is 7.59. The second-order valence-electron chi connectivity index (χ2n) is 6.19. The first kappa shape index (κ1) is 18.8. The third-order valence-electron chi connectivity index (χ3n) is 3.99. The zero-order chi connectivity index (χ0) is 17.4. The molecule has 1 aromatic carbocycles. The van der Waals surface area contributed by atoms with Crippen LogP contribution >= 0.6 is 0 Å².